The van der Waals surface area contributed by atoms with E-state index in [0.29, 0.717) is 17.5 Å². The summed E-state index contributed by atoms with van der Waals surface area (Å²) < 4.78 is 14.4. The number of nitrogens with zero attached hydrogens (tertiary/aromatic N) is 1. The largest absolute Gasteiger partial charge is 0.201 e. The van der Waals surface area contributed by atoms with Gasteiger partial charge in [0.15, 0.2) is 0 Å². The number of fused-ring (bicyclic) bond motifs is 1. The van der Waals surface area contributed by atoms with E-state index < -0.39 is 0 Å². The van der Waals surface area contributed by atoms with Gasteiger partial charge in [-0.2, -0.15) is 0 Å². The first kappa shape index (κ1) is 13.6. The van der Waals surface area contributed by atoms with Gasteiger partial charge < -0.3 is 0 Å². The van der Waals surface area contributed by atoms with Crippen LogP contribution in [0.25, 0.3) is 10.8 Å². The molecule has 0 unspecified atom stereocenters. The van der Waals surface area contributed by atoms with E-state index in [1.807, 2.05) is 61.5 Å². The molecule has 0 heterocycles. The molecule has 0 aliphatic carbocycles. The molecule has 0 fully saturated rings. The molecule has 0 radical (unpaired) electrons. The lowest BCUT2D eigenvalue weighted by molar-refractivity contribution is 0.364. The van der Waals surface area contributed by atoms with Gasteiger partial charge in [-0.25, -0.2) is 5.43 Å². The molecule has 0 atom stereocenters. The fourth-order valence-corrected chi connectivity index (χ4v) is 2.40. The Kier molecular flexibility index (Phi) is 3.84. The molecular formula is C18H17FN2. The number of halogens is 1. The standard InChI is InChI=1S/C18H17FN2/c1-14-10-11-17-16(12-14)8-5-9-18(17)21(19)20-13-15-6-3-2-4-7-15/h2-12,20H,13H2,1H3. The molecule has 3 aromatic carbocycles. The first-order valence-electron chi connectivity index (χ1n) is 6.97. The maximum absolute atomic E-state index is 14.4. The third kappa shape index (κ3) is 3.03. The molecule has 0 amide bonds. The van der Waals surface area contributed by atoms with Crippen molar-refractivity contribution in [2.75, 3.05) is 5.23 Å². The smallest absolute Gasteiger partial charge is 0.0953 e. The number of rotatable bonds is 4. The zero-order chi connectivity index (χ0) is 14.7. The van der Waals surface area contributed by atoms with Gasteiger partial charge in [0.1, 0.15) is 0 Å². The summed E-state index contributed by atoms with van der Waals surface area (Å²) in [7, 11) is 0. The first-order chi connectivity index (χ1) is 10.2. The minimum Gasteiger partial charge on any atom is -0.201 e. The summed E-state index contributed by atoms with van der Waals surface area (Å²) >= 11 is 0. The highest BCUT2D eigenvalue weighted by molar-refractivity contribution is 5.94. The average Bonchev–Trinajstić information content (AvgIpc) is 2.52. The highest BCUT2D eigenvalue weighted by Gasteiger charge is 2.09. The van der Waals surface area contributed by atoms with Gasteiger partial charge in [0.05, 0.1) is 5.69 Å². The van der Waals surface area contributed by atoms with Crippen molar-refractivity contribution < 1.29 is 4.48 Å². The Morgan fingerprint density at radius 3 is 2.57 bits per heavy atom. The Labute approximate surface area is 123 Å². The lowest BCUT2D eigenvalue weighted by atomic mass is 10.1. The Morgan fingerprint density at radius 2 is 1.76 bits per heavy atom. The van der Waals surface area contributed by atoms with Crippen LogP contribution in [-0.4, -0.2) is 0 Å². The molecule has 0 aromatic heterocycles. The molecule has 0 aliphatic rings. The molecule has 21 heavy (non-hydrogen) atoms. The number of benzene rings is 3. The molecule has 2 nitrogen and oxygen atoms in total. The summed E-state index contributed by atoms with van der Waals surface area (Å²) in [6, 6.07) is 21.4. The van der Waals surface area contributed by atoms with Crippen LogP contribution in [0.15, 0.2) is 66.7 Å². The highest BCUT2D eigenvalue weighted by Crippen LogP contribution is 2.27. The lowest BCUT2D eigenvalue weighted by Gasteiger charge is -2.17. The summed E-state index contributed by atoms with van der Waals surface area (Å²) in [4.78, 5) is 0. The van der Waals surface area contributed by atoms with Crippen LogP contribution in [0.3, 0.4) is 0 Å². The summed E-state index contributed by atoms with van der Waals surface area (Å²) in [5.74, 6) is 0. The van der Waals surface area contributed by atoms with Crippen molar-refractivity contribution in [2.24, 2.45) is 0 Å². The molecule has 0 aliphatic heterocycles. The van der Waals surface area contributed by atoms with Crippen LogP contribution in [0.1, 0.15) is 11.1 Å². The molecule has 3 heteroatoms. The van der Waals surface area contributed by atoms with E-state index in [9.17, 15) is 4.48 Å². The van der Waals surface area contributed by atoms with Gasteiger partial charge in [-0.05, 0) is 23.9 Å². The summed E-state index contributed by atoms with van der Waals surface area (Å²) in [5.41, 5.74) is 5.53. The van der Waals surface area contributed by atoms with Crippen molar-refractivity contribution >= 4 is 16.5 Å². The molecule has 3 aromatic rings. The third-order valence-corrected chi connectivity index (χ3v) is 3.49. The molecule has 0 saturated carbocycles. The van der Waals surface area contributed by atoms with E-state index in [0.717, 1.165) is 16.3 Å². The van der Waals surface area contributed by atoms with E-state index in [1.165, 1.54) is 5.56 Å². The number of hydrogen-bond donors (Lipinski definition) is 1. The third-order valence-electron chi connectivity index (χ3n) is 3.49. The Bertz CT molecular complexity index is 741. The number of hydrogen-bond acceptors (Lipinski definition) is 2. The minimum atomic E-state index is 0.444. The molecule has 0 saturated heterocycles. The van der Waals surface area contributed by atoms with Gasteiger partial charge in [-0.1, -0.05) is 70.7 Å². The number of hydrazine groups is 1. The van der Waals surface area contributed by atoms with Crippen LogP contribution >= 0.6 is 0 Å². The topological polar surface area (TPSA) is 15.3 Å². The summed E-state index contributed by atoms with van der Waals surface area (Å²) in [5, 5.41) is 2.54. The predicted molar refractivity (Wildman–Crippen MR) is 85.6 cm³/mol. The van der Waals surface area contributed by atoms with E-state index in [2.05, 4.69) is 11.5 Å². The second-order valence-corrected chi connectivity index (χ2v) is 5.10. The van der Waals surface area contributed by atoms with Crippen LogP contribution in [0.5, 0.6) is 0 Å². The number of anilines is 1. The second-order valence-electron chi connectivity index (χ2n) is 5.10. The lowest BCUT2D eigenvalue weighted by Crippen LogP contribution is -2.30. The molecule has 0 bridgehead atoms. The van der Waals surface area contributed by atoms with Gasteiger partial charge in [0, 0.05) is 11.9 Å². The quantitative estimate of drug-likeness (QED) is 0.557. The molecule has 0 spiro atoms. The maximum Gasteiger partial charge on any atom is 0.0953 e. The normalized spacial score (nSPS) is 10.8. The van der Waals surface area contributed by atoms with Crippen LogP contribution in [0.4, 0.5) is 10.2 Å². The predicted octanol–water partition coefficient (Wildman–Crippen LogP) is 4.54. The fraction of sp³-hybridized carbons (Fsp3) is 0.111. The maximum atomic E-state index is 14.4. The Morgan fingerprint density at radius 1 is 0.952 bits per heavy atom. The molecule has 1 N–H and O–H groups in total. The van der Waals surface area contributed by atoms with Crippen LogP contribution in [-0.2, 0) is 6.54 Å². The monoisotopic (exact) mass is 280 g/mol. The van der Waals surface area contributed by atoms with Gasteiger partial charge in [0.25, 0.3) is 0 Å². The van der Waals surface area contributed by atoms with Crippen molar-refractivity contribution in [1.82, 2.24) is 5.43 Å². The SMILES string of the molecule is Cc1ccc2c(N(F)NCc3ccccc3)cccc2c1. The first-order valence-corrected chi connectivity index (χ1v) is 6.97. The van der Waals surface area contributed by atoms with E-state index >= 15 is 0 Å². The van der Waals surface area contributed by atoms with Gasteiger partial charge in [-0.15, -0.1) is 5.23 Å². The van der Waals surface area contributed by atoms with Crippen molar-refractivity contribution in [3.8, 4) is 0 Å². The van der Waals surface area contributed by atoms with Crippen LogP contribution in [0, 0.1) is 6.92 Å². The summed E-state index contributed by atoms with van der Waals surface area (Å²) in [6.45, 7) is 2.48. The van der Waals surface area contributed by atoms with Gasteiger partial charge in [-0.3, -0.25) is 0 Å². The highest BCUT2D eigenvalue weighted by atomic mass is 19.2. The minimum absolute atomic E-state index is 0.444. The van der Waals surface area contributed by atoms with Crippen LogP contribution < -0.4 is 10.7 Å². The molecule has 3 rings (SSSR count). The van der Waals surface area contributed by atoms with E-state index in [4.69, 9.17) is 0 Å². The average molecular weight is 280 g/mol. The Hall–Kier alpha value is -2.39. The van der Waals surface area contributed by atoms with Crippen LogP contribution in [0.2, 0.25) is 0 Å². The number of aryl methyl sites for hydroxylation is 1. The molecule has 106 valence electrons. The van der Waals surface area contributed by atoms with Crippen molar-refractivity contribution in [3.63, 3.8) is 0 Å². The summed E-state index contributed by atoms with van der Waals surface area (Å²) in [6.07, 6.45) is 0. The zero-order valence-electron chi connectivity index (χ0n) is 11.9. The van der Waals surface area contributed by atoms with Gasteiger partial charge >= 0.3 is 0 Å². The Balaban J connectivity index is 1.83. The number of nitrogens with one attached hydrogen (secondary N) is 1. The van der Waals surface area contributed by atoms with E-state index in [1.54, 1.807) is 6.07 Å². The zero-order valence-corrected chi connectivity index (χ0v) is 11.9. The van der Waals surface area contributed by atoms with Crippen molar-refractivity contribution in [1.29, 1.82) is 0 Å². The molecular weight excluding hydrogens is 263 g/mol. The fourth-order valence-electron chi connectivity index (χ4n) is 2.40. The van der Waals surface area contributed by atoms with Gasteiger partial charge in [0.2, 0.25) is 0 Å². The van der Waals surface area contributed by atoms with Crippen molar-refractivity contribution in [3.05, 3.63) is 77.9 Å². The second kappa shape index (κ2) is 5.94. The van der Waals surface area contributed by atoms with E-state index in [-0.39, 0.29) is 0 Å². The van der Waals surface area contributed by atoms with Crippen molar-refractivity contribution in [2.45, 2.75) is 13.5 Å².